The minimum absolute atomic E-state index is 0.0508. The van der Waals surface area contributed by atoms with E-state index in [4.69, 9.17) is 15.2 Å². The molecule has 1 atom stereocenters. The van der Waals surface area contributed by atoms with Crippen molar-refractivity contribution in [3.05, 3.63) is 106 Å². The summed E-state index contributed by atoms with van der Waals surface area (Å²) in [5, 5.41) is 33.3. The Kier molecular flexibility index (Phi) is 18.8. The van der Waals surface area contributed by atoms with E-state index in [-0.39, 0.29) is 31.0 Å². The fourth-order valence-corrected chi connectivity index (χ4v) is 9.07. The van der Waals surface area contributed by atoms with Gasteiger partial charge >= 0.3 is 18.1 Å². The molecule has 20 nitrogen and oxygen atoms in total. The van der Waals surface area contributed by atoms with Gasteiger partial charge in [0.05, 0.1) is 30.9 Å². The van der Waals surface area contributed by atoms with Crippen molar-refractivity contribution >= 4 is 90.4 Å². The number of anilines is 5. The Morgan fingerprint density at radius 1 is 0.959 bits per heavy atom. The molecule has 0 bridgehead atoms. The number of aromatic carboxylic acids is 1. The molecule has 0 fully saturated rings. The minimum Gasteiger partial charge on any atom is -0.491 e. The van der Waals surface area contributed by atoms with Gasteiger partial charge in [-0.1, -0.05) is 41.5 Å². The molecular formula is C51H60FN12O8S2+. The van der Waals surface area contributed by atoms with Crippen molar-refractivity contribution in [2.24, 2.45) is 5.73 Å². The number of benzene rings is 3. The van der Waals surface area contributed by atoms with E-state index in [1.807, 2.05) is 63.5 Å². The highest BCUT2D eigenvalue weighted by molar-refractivity contribution is 7.22. The van der Waals surface area contributed by atoms with E-state index in [1.165, 1.54) is 34.8 Å². The van der Waals surface area contributed by atoms with Crippen LogP contribution in [0.4, 0.5) is 41.6 Å². The number of carbonyl (C=O) groups is 5. The number of rotatable bonds is 22. The van der Waals surface area contributed by atoms with Gasteiger partial charge in [0.2, 0.25) is 11.8 Å². The van der Waals surface area contributed by atoms with Gasteiger partial charge in [-0.15, -0.1) is 21.5 Å². The molecule has 0 saturated carbocycles. The van der Waals surface area contributed by atoms with Crippen molar-refractivity contribution in [2.75, 3.05) is 62.9 Å². The number of nitrogens with two attached hydrogens (primary N) is 1. The van der Waals surface area contributed by atoms with Gasteiger partial charge < -0.3 is 56.3 Å². The number of amides is 5. The number of halogens is 1. The van der Waals surface area contributed by atoms with Gasteiger partial charge in [-0.05, 0) is 113 Å². The number of carboxylic acid groups (broad SMARTS) is 1. The molecule has 0 aliphatic rings. The third kappa shape index (κ3) is 16.8. The lowest BCUT2D eigenvalue weighted by molar-refractivity contribution is -0.896. The standard InChI is InChI=1S/C51H59FN12O8S2/c1-31-27-41(61-62-44(31)60-48-58-36-14-8-9-16-39(36)73-48)63(5)49-59-43(46(67)68)40(74-49)17-12-26-71-38-23-20-32(28-35(38)52)13-11-25-64(6,7)30-33-18-21-34(22-19-33)56-45(66)37(15-10-24-54-47(53)69)57-42(65)29-55-50(70)72-51(2,3)4/h8-9,14,16,18-23,27-28,37H,10,12,15,17,24-26,29-30H2,1-7H3,(H7-,53,54,55,56,57,58,60,62,65,66,67,68,69,70)/p+1. The van der Waals surface area contributed by atoms with E-state index >= 15 is 4.39 Å². The number of aryl methyl sites for hydroxylation is 2. The first kappa shape index (κ1) is 55.4. The SMILES string of the molecule is Cc1cc(N(C)c2nc(C(=O)O)c(CCCOc3ccc(C#CC[N+](C)(C)Cc4ccc(NC(=O)C(CCCNC(N)=O)NC(=O)CNC(=O)OC(C)(C)C)cc4)cc3F)s2)nnc1Nc1nc2ccccc2s1. The van der Waals surface area contributed by atoms with Gasteiger partial charge in [0.1, 0.15) is 31.3 Å². The van der Waals surface area contributed by atoms with E-state index in [2.05, 4.69) is 58.6 Å². The predicted molar refractivity (Wildman–Crippen MR) is 283 cm³/mol. The molecule has 74 heavy (non-hydrogen) atoms. The molecule has 3 heterocycles. The van der Waals surface area contributed by atoms with E-state index in [0.717, 1.165) is 21.3 Å². The number of aromatic nitrogens is 4. The Morgan fingerprint density at radius 2 is 1.72 bits per heavy atom. The number of hydrogen-bond donors (Lipinski definition) is 7. The summed E-state index contributed by atoms with van der Waals surface area (Å²) in [6.45, 7) is 7.89. The second-order valence-electron chi connectivity index (χ2n) is 18.7. The average Bonchev–Trinajstić information content (AvgIpc) is 3.96. The third-order valence-corrected chi connectivity index (χ3v) is 12.9. The van der Waals surface area contributed by atoms with Gasteiger partial charge in [-0.3, -0.25) is 9.59 Å². The first-order valence-electron chi connectivity index (χ1n) is 23.5. The number of nitrogens with zero attached hydrogens (tertiary/aromatic N) is 6. The Balaban J connectivity index is 0.960. The number of carbonyl (C=O) groups excluding carboxylic acids is 4. The summed E-state index contributed by atoms with van der Waals surface area (Å²) in [5.41, 5.74) is 7.94. The Bertz CT molecular complexity index is 3010. The van der Waals surface area contributed by atoms with Crippen molar-refractivity contribution in [1.29, 1.82) is 0 Å². The van der Waals surface area contributed by atoms with Crippen molar-refractivity contribution in [3.63, 3.8) is 0 Å². The largest absolute Gasteiger partial charge is 0.491 e. The molecule has 0 aliphatic carbocycles. The lowest BCUT2D eigenvalue weighted by atomic mass is 10.1. The number of para-hydroxylation sites is 1. The monoisotopic (exact) mass is 1050 g/mol. The topological polar surface area (TPSA) is 265 Å². The highest BCUT2D eigenvalue weighted by atomic mass is 32.1. The Morgan fingerprint density at radius 3 is 2.41 bits per heavy atom. The smallest absolute Gasteiger partial charge is 0.408 e. The van der Waals surface area contributed by atoms with Crippen LogP contribution in [0.15, 0.2) is 72.8 Å². The number of thiazole rings is 2. The van der Waals surface area contributed by atoms with Crippen LogP contribution in [0.25, 0.3) is 10.2 Å². The minimum atomic E-state index is -1.16. The van der Waals surface area contributed by atoms with Crippen LogP contribution in [-0.2, 0) is 27.3 Å². The van der Waals surface area contributed by atoms with Gasteiger partial charge in [0.15, 0.2) is 39.2 Å². The number of quaternary nitrogens is 1. The molecule has 23 heteroatoms. The number of urea groups is 1. The maximum absolute atomic E-state index is 15.2. The zero-order valence-electron chi connectivity index (χ0n) is 42.1. The molecule has 390 valence electrons. The molecule has 6 aromatic rings. The van der Waals surface area contributed by atoms with Crippen LogP contribution >= 0.6 is 22.7 Å². The van der Waals surface area contributed by atoms with Crippen molar-refractivity contribution in [2.45, 2.75) is 71.6 Å². The van der Waals surface area contributed by atoms with E-state index in [0.29, 0.717) is 74.9 Å². The molecule has 6 rings (SSSR count). The second-order valence-corrected chi connectivity index (χ2v) is 20.8. The molecular weight excluding hydrogens is 992 g/mol. The molecule has 8 N–H and O–H groups in total. The number of hydrogen-bond acceptors (Lipinski definition) is 15. The van der Waals surface area contributed by atoms with Crippen LogP contribution in [0, 0.1) is 24.6 Å². The Labute approximate surface area is 435 Å². The van der Waals surface area contributed by atoms with Crippen LogP contribution in [-0.4, -0.2) is 119 Å². The first-order chi connectivity index (χ1) is 35.1. The molecule has 0 radical (unpaired) electrons. The number of nitrogens with one attached hydrogen (secondary N) is 5. The predicted octanol–water partition coefficient (Wildman–Crippen LogP) is 7.24. The second kappa shape index (κ2) is 25.1. The molecule has 0 saturated heterocycles. The van der Waals surface area contributed by atoms with Crippen LogP contribution in [0.3, 0.4) is 0 Å². The van der Waals surface area contributed by atoms with Crippen molar-refractivity contribution in [1.82, 2.24) is 36.1 Å². The molecule has 0 spiro atoms. The van der Waals surface area contributed by atoms with Crippen LogP contribution in [0.2, 0.25) is 0 Å². The van der Waals surface area contributed by atoms with Crippen LogP contribution in [0.1, 0.15) is 72.1 Å². The number of fused-ring (bicyclic) bond motifs is 1. The van der Waals surface area contributed by atoms with E-state index in [1.54, 1.807) is 50.9 Å². The highest BCUT2D eigenvalue weighted by Gasteiger charge is 2.24. The summed E-state index contributed by atoms with van der Waals surface area (Å²) in [6, 6.07) is 19.7. The van der Waals surface area contributed by atoms with Crippen LogP contribution in [0.5, 0.6) is 5.75 Å². The van der Waals surface area contributed by atoms with Gasteiger partial charge in [-0.2, -0.15) is 0 Å². The third-order valence-electron chi connectivity index (χ3n) is 10.7. The van der Waals surface area contributed by atoms with Gasteiger partial charge in [0, 0.05) is 35.3 Å². The van der Waals surface area contributed by atoms with Crippen molar-refractivity contribution in [3.8, 4) is 17.6 Å². The normalized spacial score (nSPS) is 11.7. The number of ether oxygens (including phenoxy) is 2. The Hall–Kier alpha value is -7.94. The molecule has 0 aliphatic heterocycles. The first-order valence-corrected chi connectivity index (χ1v) is 25.1. The summed E-state index contributed by atoms with van der Waals surface area (Å²) >= 11 is 2.74. The number of alkyl carbamates (subject to hydrolysis) is 1. The number of primary amides is 1. The zero-order chi connectivity index (χ0) is 53.6. The molecule has 3 aromatic carbocycles. The van der Waals surface area contributed by atoms with Gasteiger partial charge in [-0.25, -0.2) is 28.7 Å². The highest BCUT2D eigenvalue weighted by Crippen LogP contribution is 2.33. The lowest BCUT2D eigenvalue weighted by Crippen LogP contribution is -2.48. The summed E-state index contributed by atoms with van der Waals surface area (Å²) in [5.74, 6) is 4.42. The summed E-state index contributed by atoms with van der Waals surface area (Å²) in [7, 11) is 5.75. The fourth-order valence-electron chi connectivity index (χ4n) is 7.14. The van der Waals surface area contributed by atoms with E-state index in [9.17, 15) is 29.1 Å². The molecule has 3 aromatic heterocycles. The lowest BCUT2D eigenvalue weighted by Gasteiger charge is -2.27. The zero-order valence-corrected chi connectivity index (χ0v) is 43.8. The van der Waals surface area contributed by atoms with E-state index < -0.39 is 53.9 Å². The average molecular weight is 1050 g/mol. The summed E-state index contributed by atoms with van der Waals surface area (Å²) in [6.07, 6.45) is 0.471. The quantitative estimate of drug-likeness (QED) is 0.0201. The number of carboxylic acids is 1. The fraction of sp³-hybridized carbons (Fsp3) is 0.353. The van der Waals surface area contributed by atoms with Crippen molar-refractivity contribution < 1.29 is 47.4 Å². The van der Waals surface area contributed by atoms with Gasteiger partial charge in [0.25, 0.3) is 0 Å². The maximum Gasteiger partial charge on any atom is 0.408 e. The maximum atomic E-state index is 15.2. The summed E-state index contributed by atoms with van der Waals surface area (Å²) in [4.78, 5) is 72.6. The van der Waals surface area contributed by atoms with Crippen LogP contribution < -0.4 is 42.0 Å². The molecule has 5 amide bonds. The summed E-state index contributed by atoms with van der Waals surface area (Å²) < 4.78 is 27.6. The molecule has 1 unspecified atom stereocenters.